The Labute approximate surface area is 124 Å². The number of anilines is 1. The van der Waals surface area contributed by atoms with E-state index in [2.05, 4.69) is 5.32 Å². The van der Waals surface area contributed by atoms with E-state index in [9.17, 15) is 9.59 Å². The van der Waals surface area contributed by atoms with E-state index >= 15 is 0 Å². The largest absolute Gasteiger partial charge is 0.380 e. The van der Waals surface area contributed by atoms with Crippen molar-refractivity contribution in [2.45, 2.75) is 6.54 Å². The van der Waals surface area contributed by atoms with Crippen LogP contribution in [0.15, 0.2) is 29.6 Å². The average Bonchev–Trinajstić information content (AvgIpc) is 2.81. The topological polar surface area (TPSA) is 98.2 Å². The van der Waals surface area contributed by atoms with E-state index in [0.717, 1.165) is 4.88 Å². The van der Waals surface area contributed by atoms with Gasteiger partial charge in [-0.1, -0.05) is 11.6 Å². The highest BCUT2D eigenvalue weighted by Crippen LogP contribution is 2.21. The molecule has 0 spiro atoms. The van der Waals surface area contributed by atoms with Crippen LogP contribution in [-0.2, 0) is 6.54 Å². The number of primary amides is 2. The summed E-state index contributed by atoms with van der Waals surface area (Å²) in [5.74, 6) is -1.23. The third kappa shape index (κ3) is 3.49. The molecular formula is C13H12ClN3O2S. The molecule has 104 valence electrons. The lowest BCUT2D eigenvalue weighted by Crippen LogP contribution is -2.16. The van der Waals surface area contributed by atoms with Crippen LogP contribution in [-0.4, -0.2) is 11.8 Å². The van der Waals surface area contributed by atoms with Crippen LogP contribution in [0.3, 0.4) is 0 Å². The van der Waals surface area contributed by atoms with Crippen molar-refractivity contribution in [3.05, 3.63) is 50.7 Å². The predicted molar refractivity (Wildman–Crippen MR) is 80.1 cm³/mol. The summed E-state index contributed by atoms with van der Waals surface area (Å²) >= 11 is 7.35. The van der Waals surface area contributed by atoms with Crippen molar-refractivity contribution in [3.8, 4) is 0 Å². The number of rotatable bonds is 5. The first-order valence-corrected chi connectivity index (χ1v) is 6.93. The molecule has 1 heterocycles. The molecule has 2 amide bonds. The zero-order valence-electron chi connectivity index (χ0n) is 10.4. The third-order valence-corrected chi connectivity index (χ3v) is 3.87. The van der Waals surface area contributed by atoms with Crippen LogP contribution in [0.2, 0.25) is 5.02 Å². The van der Waals surface area contributed by atoms with E-state index in [1.54, 1.807) is 12.1 Å². The van der Waals surface area contributed by atoms with Gasteiger partial charge in [-0.2, -0.15) is 0 Å². The molecule has 2 aromatic rings. The van der Waals surface area contributed by atoms with Crippen LogP contribution in [0.5, 0.6) is 0 Å². The Morgan fingerprint density at radius 3 is 2.15 bits per heavy atom. The van der Waals surface area contributed by atoms with Gasteiger partial charge in [0.25, 0.3) is 0 Å². The SMILES string of the molecule is NC(=O)c1cc(NCc2cc(Cl)cs2)cc(C(N)=O)c1. The second-order valence-electron chi connectivity index (χ2n) is 4.11. The van der Waals surface area contributed by atoms with E-state index in [1.807, 2.05) is 11.4 Å². The van der Waals surface area contributed by atoms with E-state index in [4.69, 9.17) is 23.1 Å². The van der Waals surface area contributed by atoms with Crippen molar-refractivity contribution >= 4 is 40.4 Å². The van der Waals surface area contributed by atoms with Gasteiger partial charge >= 0.3 is 0 Å². The molecule has 0 unspecified atom stereocenters. The molecule has 5 nitrogen and oxygen atoms in total. The number of amides is 2. The Hall–Kier alpha value is -2.05. The van der Waals surface area contributed by atoms with Crippen LogP contribution < -0.4 is 16.8 Å². The number of thiophene rings is 1. The Kier molecular flexibility index (Phi) is 4.26. The smallest absolute Gasteiger partial charge is 0.248 e. The second-order valence-corrected chi connectivity index (χ2v) is 5.54. The van der Waals surface area contributed by atoms with Crippen LogP contribution >= 0.6 is 22.9 Å². The van der Waals surface area contributed by atoms with Gasteiger partial charge in [-0.3, -0.25) is 9.59 Å². The summed E-state index contributed by atoms with van der Waals surface area (Å²) in [6, 6.07) is 6.36. The maximum Gasteiger partial charge on any atom is 0.248 e. The third-order valence-electron chi connectivity index (χ3n) is 2.59. The fraction of sp³-hybridized carbons (Fsp3) is 0.0769. The maximum absolute atomic E-state index is 11.2. The molecule has 0 aliphatic heterocycles. The zero-order chi connectivity index (χ0) is 14.7. The van der Waals surface area contributed by atoms with Crippen molar-refractivity contribution in [1.29, 1.82) is 0 Å². The molecule has 0 aliphatic carbocycles. The highest BCUT2D eigenvalue weighted by Gasteiger charge is 2.09. The van der Waals surface area contributed by atoms with Crippen molar-refractivity contribution in [3.63, 3.8) is 0 Å². The number of carbonyl (C=O) groups is 2. The molecule has 20 heavy (non-hydrogen) atoms. The summed E-state index contributed by atoms with van der Waals surface area (Å²) in [4.78, 5) is 23.5. The fourth-order valence-electron chi connectivity index (χ4n) is 1.65. The normalized spacial score (nSPS) is 10.2. The number of halogens is 1. The highest BCUT2D eigenvalue weighted by atomic mass is 35.5. The number of benzene rings is 1. The van der Waals surface area contributed by atoms with E-state index < -0.39 is 11.8 Å². The van der Waals surface area contributed by atoms with E-state index in [1.165, 1.54) is 17.4 Å². The first-order chi connectivity index (χ1) is 9.45. The van der Waals surface area contributed by atoms with Gasteiger partial charge in [0.1, 0.15) is 0 Å². The first kappa shape index (κ1) is 14.4. The Morgan fingerprint density at radius 1 is 1.10 bits per heavy atom. The summed E-state index contributed by atoms with van der Waals surface area (Å²) in [5, 5.41) is 5.60. The molecule has 0 aliphatic rings. The van der Waals surface area contributed by atoms with Crippen LogP contribution in [0.4, 0.5) is 5.69 Å². The molecule has 2 rings (SSSR count). The predicted octanol–water partition coefficient (Wildman–Crippen LogP) is 2.21. The van der Waals surface area contributed by atoms with Gasteiger partial charge in [-0.25, -0.2) is 0 Å². The van der Waals surface area contributed by atoms with Crippen molar-refractivity contribution in [2.75, 3.05) is 5.32 Å². The van der Waals surface area contributed by atoms with E-state index in [-0.39, 0.29) is 11.1 Å². The Bertz CT molecular complexity index is 637. The summed E-state index contributed by atoms with van der Waals surface area (Å²) in [5.41, 5.74) is 11.5. The van der Waals surface area contributed by atoms with Gasteiger partial charge in [0, 0.05) is 33.6 Å². The fourth-order valence-corrected chi connectivity index (χ4v) is 2.66. The minimum Gasteiger partial charge on any atom is -0.380 e. The molecule has 0 saturated heterocycles. The van der Waals surface area contributed by atoms with Gasteiger partial charge in [0.2, 0.25) is 11.8 Å². The van der Waals surface area contributed by atoms with E-state index in [0.29, 0.717) is 17.3 Å². The lowest BCUT2D eigenvalue weighted by molar-refractivity contribution is 0.0999. The first-order valence-electron chi connectivity index (χ1n) is 5.67. The molecule has 0 fully saturated rings. The standard InChI is InChI=1S/C13H12ClN3O2S/c14-9-4-11(20-6-9)5-17-10-2-7(12(15)18)1-8(3-10)13(16)19/h1-4,6,17H,5H2,(H2,15,18)(H2,16,19). The molecule has 1 aromatic carbocycles. The van der Waals surface area contributed by atoms with Crippen molar-refractivity contribution in [2.24, 2.45) is 11.5 Å². The number of carbonyl (C=O) groups excluding carboxylic acids is 2. The van der Waals surface area contributed by atoms with Crippen LogP contribution in [0.1, 0.15) is 25.6 Å². The Morgan fingerprint density at radius 2 is 1.70 bits per heavy atom. The molecular weight excluding hydrogens is 298 g/mol. The maximum atomic E-state index is 11.2. The lowest BCUT2D eigenvalue weighted by Gasteiger charge is -2.08. The number of nitrogens with two attached hydrogens (primary N) is 2. The quantitative estimate of drug-likeness (QED) is 0.789. The van der Waals surface area contributed by atoms with Gasteiger partial charge in [0.05, 0.1) is 5.02 Å². The molecule has 0 radical (unpaired) electrons. The average molecular weight is 310 g/mol. The summed E-state index contributed by atoms with van der Waals surface area (Å²) < 4.78 is 0. The van der Waals surface area contributed by atoms with Crippen LogP contribution in [0.25, 0.3) is 0 Å². The lowest BCUT2D eigenvalue weighted by atomic mass is 10.1. The molecule has 5 N–H and O–H groups in total. The van der Waals surface area contributed by atoms with Gasteiger partial charge in [-0.15, -0.1) is 11.3 Å². The number of hydrogen-bond donors (Lipinski definition) is 3. The monoisotopic (exact) mass is 309 g/mol. The van der Waals surface area contributed by atoms with Gasteiger partial charge < -0.3 is 16.8 Å². The Balaban J connectivity index is 2.21. The molecule has 0 saturated carbocycles. The van der Waals surface area contributed by atoms with Gasteiger partial charge in [-0.05, 0) is 24.3 Å². The summed E-state index contributed by atoms with van der Waals surface area (Å²) in [6.45, 7) is 0.526. The summed E-state index contributed by atoms with van der Waals surface area (Å²) in [6.07, 6.45) is 0. The second kappa shape index (κ2) is 5.94. The van der Waals surface area contributed by atoms with Crippen LogP contribution in [0, 0.1) is 0 Å². The zero-order valence-corrected chi connectivity index (χ0v) is 11.9. The minimum absolute atomic E-state index is 0.230. The highest BCUT2D eigenvalue weighted by molar-refractivity contribution is 7.10. The van der Waals surface area contributed by atoms with Crippen molar-refractivity contribution < 1.29 is 9.59 Å². The minimum atomic E-state index is -0.615. The summed E-state index contributed by atoms with van der Waals surface area (Å²) in [7, 11) is 0. The molecule has 0 bridgehead atoms. The van der Waals surface area contributed by atoms with Gasteiger partial charge in [0.15, 0.2) is 0 Å². The number of nitrogens with one attached hydrogen (secondary N) is 1. The van der Waals surface area contributed by atoms with Crippen molar-refractivity contribution in [1.82, 2.24) is 0 Å². The number of hydrogen-bond acceptors (Lipinski definition) is 4. The molecule has 1 aromatic heterocycles. The molecule has 7 heteroatoms. The molecule has 0 atom stereocenters.